The highest BCUT2D eigenvalue weighted by Crippen LogP contribution is 2.34. The molecular formula is C33H35F2N5O4. The molecule has 1 aromatic heterocycles. The molecule has 0 saturated carbocycles. The smallest absolute Gasteiger partial charge is 0.412 e. The van der Waals surface area contributed by atoms with Crippen molar-refractivity contribution >= 4 is 34.7 Å². The molecule has 0 bridgehead atoms. The van der Waals surface area contributed by atoms with Crippen LogP contribution in [0.3, 0.4) is 0 Å². The van der Waals surface area contributed by atoms with E-state index in [1.807, 2.05) is 30.3 Å². The predicted octanol–water partition coefficient (Wildman–Crippen LogP) is 7.44. The van der Waals surface area contributed by atoms with Gasteiger partial charge in [-0.1, -0.05) is 36.4 Å². The molecule has 1 aliphatic heterocycles. The van der Waals surface area contributed by atoms with Gasteiger partial charge in [0.2, 0.25) is 5.95 Å². The molecule has 1 atom stereocenters. The number of aryl methyl sites for hydroxylation is 1. The Kier molecular flexibility index (Phi) is 8.93. The van der Waals surface area contributed by atoms with Crippen LogP contribution in [0.1, 0.15) is 44.7 Å². The van der Waals surface area contributed by atoms with Crippen LogP contribution in [0.2, 0.25) is 0 Å². The lowest BCUT2D eigenvalue weighted by molar-refractivity contribution is 0.0635. The topological polar surface area (TPSA) is 106 Å². The van der Waals surface area contributed by atoms with Crippen molar-refractivity contribution in [1.29, 1.82) is 0 Å². The number of anilines is 2. The van der Waals surface area contributed by atoms with E-state index in [4.69, 9.17) is 9.47 Å². The van der Waals surface area contributed by atoms with Crippen LogP contribution in [-0.4, -0.2) is 51.8 Å². The average Bonchev–Trinajstić information content (AvgIpc) is 2.98. The van der Waals surface area contributed by atoms with E-state index < -0.39 is 23.3 Å². The zero-order valence-electron chi connectivity index (χ0n) is 25.1. The van der Waals surface area contributed by atoms with Crippen LogP contribution in [0.15, 0.2) is 60.8 Å². The summed E-state index contributed by atoms with van der Waals surface area (Å²) in [7, 11) is 0. The number of rotatable bonds is 6. The fourth-order valence-electron chi connectivity index (χ4n) is 5.12. The summed E-state index contributed by atoms with van der Waals surface area (Å²) in [5.41, 5.74) is 1.39. The number of ether oxygens (including phenoxy) is 2. The molecular weight excluding hydrogens is 568 g/mol. The summed E-state index contributed by atoms with van der Waals surface area (Å²) in [6, 6.07) is 15.9. The van der Waals surface area contributed by atoms with E-state index in [0.29, 0.717) is 41.1 Å². The second-order valence-electron chi connectivity index (χ2n) is 11.8. The molecule has 0 spiro atoms. The molecule has 1 aliphatic rings. The molecule has 1 fully saturated rings. The highest BCUT2D eigenvalue weighted by Gasteiger charge is 2.26. The summed E-state index contributed by atoms with van der Waals surface area (Å²) >= 11 is 0. The molecule has 4 aromatic rings. The summed E-state index contributed by atoms with van der Waals surface area (Å²) in [6.07, 6.45) is 2.03. The molecule has 230 valence electrons. The van der Waals surface area contributed by atoms with Crippen molar-refractivity contribution in [3.8, 4) is 11.1 Å². The molecule has 3 aromatic carbocycles. The number of piperidine rings is 1. The lowest BCUT2D eigenvalue weighted by Crippen LogP contribution is -2.45. The van der Waals surface area contributed by atoms with Gasteiger partial charge in [-0.05, 0) is 75.4 Å². The molecule has 44 heavy (non-hydrogen) atoms. The number of hydrogen-bond donors (Lipinski definition) is 2. The summed E-state index contributed by atoms with van der Waals surface area (Å²) in [6.45, 7) is 7.95. The molecule has 0 radical (unpaired) electrons. The Morgan fingerprint density at radius 2 is 1.84 bits per heavy atom. The number of amides is 2. The standard InChI is InChI=1S/C33H35F2N5O4/c1-20-15-26(39-31(41)44-33(2,3)4)28(34)29(35)27(20)22-12-13-25-23(16-22)17-36-30(38-25)37-24-11-8-14-40(18-24)32(42)43-19-21-9-6-5-7-10-21/h5-7,9-10,12-13,15-17,24H,8,11,14,18-19H2,1-4H3,(H,39,41)(H,36,37,38)/t24-/m0/s1. The highest BCUT2D eigenvalue weighted by atomic mass is 19.2. The Bertz CT molecular complexity index is 1680. The number of nitrogens with zero attached hydrogens (tertiary/aromatic N) is 3. The molecule has 0 unspecified atom stereocenters. The molecule has 2 heterocycles. The fraction of sp³-hybridized carbons (Fsp3) is 0.333. The summed E-state index contributed by atoms with van der Waals surface area (Å²) in [5, 5.41) is 6.24. The Hall–Kier alpha value is -4.80. The van der Waals surface area contributed by atoms with Crippen LogP contribution in [0.4, 0.5) is 30.0 Å². The number of aromatic nitrogens is 2. The highest BCUT2D eigenvalue weighted by molar-refractivity contribution is 5.88. The molecule has 2 N–H and O–H groups in total. The lowest BCUT2D eigenvalue weighted by Gasteiger charge is -2.32. The number of carbonyl (C=O) groups excluding carboxylic acids is 2. The number of likely N-dealkylation sites (tertiary alicyclic amines) is 1. The predicted molar refractivity (Wildman–Crippen MR) is 164 cm³/mol. The first-order valence-electron chi connectivity index (χ1n) is 14.4. The van der Waals surface area contributed by atoms with E-state index >= 15 is 4.39 Å². The van der Waals surface area contributed by atoms with Gasteiger partial charge < -0.3 is 19.7 Å². The van der Waals surface area contributed by atoms with Gasteiger partial charge in [0.05, 0.1) is 11.2 Å². The summed E-state index contributed by atoms with van der Waals surface area (Å²) in [5.74, 6) is -1.86. The minimum atomic E-state index is -1.18. The van der Waals surface area contributed by atoms with Crippen molar-refractivity contribution in [3.05, 3.63) is 83.6 Å². The first-order valence-corrected chi connectivity index (χ1v) is 14.4. The van der Waals surface area contributed by atoms with Crippen molar-refractivity contribution in [2.75, 3.05) is 23.7 Å². The Balaban J connectivity index is 1.26. The fourth-order valence-corrected chi connectivity index (χ4v) is 5.12. The second kappa shape index (κ2) is 12.8. The zero-order valence-corrected chi connectivity index (χ0v) is 25.1. The van der Waals surface area contributed by atoms with Gasteiger partial charge in [-0.15, -0.1) is 0 Å². The van der Waals surface area contributed by atoms with Crippen molar-refractivity contribution in [1.82, 2.24) is 14.9 Å². The minimum Gasteiger partial charge on any atom is -0.445 e. The maximum atomic E-state index is 15.3. The van der Waals surface area contributed by atoms with Crippen LogP contribution in [-0.2, 0) is 16.1 Å². The summed E-state index contributed by atoms with van der Waals surface area (Å²) in [4.78, 5) is 35.5. The van der Waals surface area contributed by atoms with Crippen molar-refractivity contribution in [3.63, 3.8) is 0 Å². The average molecular weight is 604 g/mol. The summed E-state index contributed by atoms with van der Waals surface area (Å²) < 4.78 is 40.9. The molecule has 0 aliphatic carbocycles. The first kappa shape index (κ1) is 30.7. The van der Waals surface area contributed by atoms with Crippen molar-refractivity contribution in [2.24, 2.45) is 0 Å². The number of benzene rings is 3. The third kappa shape index (κ3) is 7.39. The van der Waals surface area contributed by atoms with Crippen molar-refractivity contribution in [2.45, 2.75) is 58.8 Å². The third-order valence-corrected chi connectivity index (χ3v) is 7.13. The van der Waals surface area contributed by atoms with Crippen LogP contribution >= 0.6 is 0 Å². The van der Waals surface area contributed by atoms with E-state index in [2.05, 4.69) is 20.6 Å². The second-order valence-corrected chi connectivity index (χ2v) is 11.8. The largest absolute Gasteiger partial charge is 0.445 e. The van der Waals surface area contributed by atoms with Gasteiger partial charge in [0.1, 0.15) is 12.2 Å². The normalized spacial score (nSPS) is 15.1. The van der Waals surface area contributed by atoms with Crippen LogP contribution in [0.5, 0.6) is 0 Å². The van der Waals surface area contributed by atoms with E-state index in [9.17, 15) is 14.0 Å². The minimum absolute atomic E-state index is 0.0581. The van der Waals surface area contributed by atoms with Gasteiger partial charge in [0.15, 0.2) is 11.6 Å². The van der Waals surface area contributed by atoms with E-state index in [1.54, 1.807) is 57.0 Å². The number of fused-ring (bicyclic) bond motifs is 1. The lowest BCUT2D eigenvalue weighted by atomic mass is 9.97. The quantitative estimate of drug-likeness (QED) is 0.236. The number of nitrogens with one attached hydrogen (secondary N) is 2. The van der Waals surface area contributed by atoms with Gasteiger partial charge in [-0.25, -0.2) is 28.3 Å². The maximum absolute atomic E-state index is 15.3. The monoisotopic (exact) mass is 603 g/mol. The van der Waals surface area contributed by atoms with E-state index in [1.165, 1.54) is 6.07 Å². The first-order chi connectivity index (χ1) is 21.0. The maximum Gasteiger partial charge on any atom is 0.412 e. The zero-order chi connectivity index (χ0) is 31.4. The number of hydrogen-bond acceptors (Lipinski definition) is 7. The Morgan fingerprint density at radius 1 is 1.07 bits per heavy atom. The van der Waals surface area contributed by atoms with Gasteiger partial charge in [-0.2, -0.15) is 0 Å². The van der Waals surface area contributed by atoms with Gasteiger partial charge >= 0.3 is 12.2 Å². The van der Waals surface area contributed by atoms with Gasteiger partial charge in [0.25, 0.3) is 0 Å². The molecule has 2 amide bonds. The van der Waals surface area contributed by atoms with Crippen LogP contribution in [0.25, 0.3) is 22.0 Å². The van der Waals surface area contributed by atoms with Crippen molar-refractivity contribution < 1.29 is 27.8 Å². The SMILES string of the molecule is Cc1cc(NC(=O)OC(C)(C)C)c(F)c(F)c1-c1ccc2nc(N[C@H]3CCCN(C(=O)OCc4ccccc4)C3)ncc2c1. The third-order valence-electron chi connectivity index (χ3n) is 7.13. The van der Waals surface area contributed by atoms with Gasteiger partial charge in [0, 0.05) is 36.3 Å². The van der Waals surface area contributed by atoms with Crippen LogP contribution in [0, 0.1) is 18.6 Å². The number of halogens is 2. The molecule has 1 saturated heterocycles. The Labute approximate surface area is 254 Å². The molecule has 5 rings (SSSR count). The van der Waals surface area contributed by atoms with Gasteiger partial charge in [-0.3, -0.25) is 5.32 Å². The molecule has 11 heteroatoms. The number of carbonyl (C=O) groups is 2. The van der Waals surface area contributed by atoms with E-state index in [0.717, 1.165) is 18.4 Å². The molecule has 9 nitrogen and oxygen atoms in total. The Morgan fingerprint density at radius 3 is 2.59 bits per heavy atom. The van der Waals surface area contributed by atoms with Crippen LogP contribution < -0.4 is 10.6 Å². The van der Waals surface area contributed by atoms with E-state index in [-0.39, 0.29) is 30.0 Å².